The SMILES string of the molecule is CC12CC3CC(C)(C1)CC(NCCO)(C3)C2.Cl. The van der Waals surface area contributed by atoms with Gasteiger partial charge in [0.1, 0.15) is 0 Å². The van der Waals surface area contributed by atoms with Crippen LogP contribution in [0.25, 0.3) is 0 Å². The van der Waals surface area contributed by atoms with Crippen molar-refractivity contribution in [2.45, 2.75) is 57.9 Å². The minimum Gasteiger partial charge on any atom is -0.395 e. The van der Waals surface area contributed by atoms with Crippen LogP contribution >= 0.6 is 12.4 Å². The average Bonchev–Trinajstić information content (AvgIpc) is 2.08. The summed E-state index contributed by atoms with van der Waals surface area (Å²) >= 11 is 0. The number of rotatable bonds is 3. The van der Waals surface area contributed by atoms with Gasteiger partial charge in [0.15, 0.2) is 0 Å². The molecule has 4 saturated carbocycles. The highest BCUT2D eigenvalue weighted by atomic mass is 35.5. The van der Waals surface area contributed by atoms with Crippen LogP contribution < -0.4 is 5.32 Å². The van der Waals surface area contributed by atoms with Gasteiger partial charge < -0.3 is 10.4 Å². The molecule has 2 N–H and O–H groups in total. The fourth-order valence-corrected chi connectivity index (χ4v) is 5.97. The Bertz CT molecular complexity index is 289. The third-order valence-corrected chi connectivity index (χ3v) is 5.24. The summed E-state index contributed by atoms with van der Waals surface area (Å²) in [7, 11) is 0. The lowest BCUT2D eigenvalue weighted by molar-refractivity contribution is -0.118. The van der Waals surface area contributed by atoms with Gasteiger partial charge in [-0.15, -0.1) is 12.4 Å². The second-order valence-electron chi connectivity index (χ2n) is 7.56. The maximum atomic E-state index is 9.03. The van der Waals surface area contributed by atoms with E-state index in [1.807, 2.05) is 0 Å². The molecule has 0 aromatic carbocycles. The monoisotopic (exact) mass is 259 g/mol. The molecule has 17 heavy (non-hydrogen) atoms. The Hall–Kier alpha value is 0.210. The van der Waals surface area contributed by atoms with Gasteiger partial charge in [0.2, 0.25) is 0 Å². The minimum atomic E-state index is 0. The van der Waals surface area contributed by atoms with E-state index in [4.69, 9.17) is 5.11 Å². The van der Waals surface area contributed by atoms with Gasteiger partial charge in [0.25, 0.3) is 0 Å². The van der Waals surface area contributed by atoms with E-state index in [1.54, 1.807) is 0 Å². The first-order chi connectivity index (χ1) is 7.47. The molecule has 4 aliphatic rings. The van der Waals surface area contributed by atoms with Gasteiger partial charge in [-0.05, 0) is 55.3 Å². The number of nitrogens with one attached hydrogen (secondary N) is 1. The lowest BCUT2D eigenvalue weighted by Gasteiger charge is -2.65. The van der Waals surface area contributed by atoms with E-state index in [0.717, 1.165) is 12.5 Å². The number of aliphatic hydroxyl groups excluding tert-OH is 1. The van der Waals surface area contributed by atoms with Crippen molar-refractivity contribution in [2.75, 3.05) is 13.2 Å². The Morgan fingerprint density at radius 1 is 1.06 bits per heavy atom. The highest BCUT2D eigenvalue weighted by Gasteiger charge is 2.59. The fraction of sp³-hybridized carbons (Fsp3) is 1.00. The molecule has 4 fully saturated rings. The largest absolute Gasteiger partial charge is 0.395 e. The summed E-state index contributed by atoms with van der Waals surface area (Å²) in [5, 5.41) is 12.7. The molecule has 2 atom stereocenters. The zero-order valence-corrected chi connectivity index (χ0v) is 11.9. The second-order valence-corrected chi connectivity index (χ2v) is 7.56. The smallest absolute Gasteiger partial charge is 0.0556 e. The molecule has 100 valence electrons. The van der Waals surface area contributed by atoms with Crippen LogP contribution in [0.15, 0.2) is 0 Å². The van der Waals surface area contributed by atoms with Crippen LogP contribution in [0.1, 0.15) is 52.4 Å². The summed E-state index contributed by atoms with van der Waals surface area (Å²) in [6.45, 7) is 6.04. The molecule has 0 radical (unpaired) electrons. The molecule has 0 amide bonds. The van der Waals surface area contributed by atoms with E-state index in [1.165, 1.54) is 38.5 Å². The standard InChI is InChI=1S/C14H25NO.ClH/c1-12-5-11-6-13(2,8-12)10-14(7-11,9-12)15-3-4-16;/h11,15-16H,3-10H2,1-2H3;1H. The summed E-state index contributed by atoms with van der Waals surface area (Å²) < 4.78 is 0. The number of hydrogen-bond donors (Lipinski definition) is 2. The zero-order chi connectivity index (χ0) is 11.4. The van der Waals surface area contributed by atoms with Crippen molar-refractivity contribution in [3.63, 3.8) is 0 Å². The summed E-state index contributed by atoms with van der Waals surface area (Å²) in [5.74, 6) is 0.942. The molecular weight excluding hydrogens is 234 g/mol. The maximum Gasteiger partial charge on any atom is 0.0556 e. The summed E-state index contributed by atoms with van der Waals surface area (Å²) in [6, 6.07) is 0. The van der Waals surface area contributed by atoms with Crippen molar-refractivity contribution in [1.29, 1.82) is 0 Å². The first-order valence-electron chi connectivity index (χ1n) is 6.83. The Morgan fingerprint density at radius 3 is 2.12 bits per heavy atom. The van der Waals surface area contributed by atoms with Gasteiger partial charge in [0.05, 0.1) is 6.61 Å². The number of halogens is 1. The van der Waals surface area contributed by atoms with Crippen LogP contribution in [0.2, 0.25) is 0 Å². The van der Waals surface area contributed by atoms with E-state index in [0.29, 0.717) is 16.4 Å². The van der Waals surface area contributed by atoms with Crippen LogP contribution in [0.3, 0.4) is 0 Å². The number of aliphatic hydroxyl groups is 1. The summed E-state index contributed by atoms with van der Waals surface area (Å²) in [4.78, 5) is 0. The van der Waals surface area contributed by atoms with Gasteiger partial charge >= 0.3 is 0 Å². The van der Waals surface area contributed by atoms with Crippen LogP contribution in [0.4, 0.5) is 0 Å². The molecule has 2 unspecified atom stereocenters. The molecule has 4 bridgehead atoms. The molecule has 0 spiro atoms. The van der Waals surface area contributed by atoms with E-state index >= 15 is 0 Å². The molecule has 4 aliphatic carbocycles. The van der Waals surface area contributed by atoms with Crippen LogP contribution in [-0.4, -0.2) is 23.8 Å². The van der Waals surface area contributed by atoms with Gasteiger partial charge in [-0.2, -0.15) is 0 Å². The highest BCUT2D eigenvalue weighted by Crippen LogP contribution is 2.66. The van der Waals surface area contributed by atoms with Crippen molar-refractivity contribution in [1.82, 2.24) is 5.32 Å². The Morgan fingerprint density at radius 2 is 1.65 bits per heavy atom. The lowest BCUT2D eigenvalue weighted by atomic mass is 9.43. The minimum absolute atomic E-state index is 0. The van der Waals surface area contributed by atoms with E-state index in [2.05, 4.69) is 19.2 Å². The first kappa shape index (κ1) is 13.6. The van der Waals surface area contributed by atoms with Gasteiger partial charge in [-0.1, -0.05) is 13.8 Å². The Kier molecular flexibility index (Phi) is 3.30. The van der Waals surface area contributed by atoms with E-state index in [9.17, 15) is 0 Å². The first-order valence-corrected chi connectivity index (χ1v) is 6.83. The topological polar surface area (TPSA) is 32.3 Å². The molecular formula is C14H26ClNO. The normalized spacial score (nSPS) is 51.4. The third kappa shape index (κ3) is 2.24. The van der Waals surface area contributed by atoms with E-state index < -0.39 is 0 Å². The Balaban J connectivity index is 0.00000108. The molecule has 0 aromatic heterocycles. The average molecular weight is 260 g/mol. The molecule has 3 heteroatoms. The van der Waals surface area contributed by atoms with Crippen LogP contribution in [0.5, 0.6) is 0 Å². The number of β-amino-alcohol motifs (C(OH)–C–C–N with tert-alkyl or cyclic N) is 1. The highest BCUT2D eigenvalue weighted by molar-refractivity contribution is 5.85. The van der Waals surface area contributed by atoms with Gasteiger partial charge in [-0.25, -0.2) is 0 Å². The molecule has 4 rings (SSSR count). The van der Waals surface area contributed by atoms with E-state index in [-0.39, 0.29) is 19.0 Å². The van der Waals surface area contributed by atoms with Crippen molar-refractivity contribution >= 4 is 12.4 Å². The van der Waals surface area contributed by atoms with Crippen molar-refractivity contribution < 1.29 is 5.11 Å². The molecule has 0 heterocycles. The molecule has 2 nitrogen and oxygen atoms in total. The maximum absolute atomic E-state index is 9.03. The van der Waals surface area contributed by atoms with Crippen molar-refractivity contribution in [3.8, 4) is 0 Å². The Labute approximate surface area is 111 Å². The fourth-order valence-electron chi connectivity index (χ4n) is 5.97. The van der Waals surface area contributed by atoms with Crippen molar-refractivity contribution in [2.24, 2.45) is 16.7 Å². The van der Waals surface area contributed by atoms with Gasteiger partial charge in [-0.3, -0.25) is 0 Å². The quantitative estimate of drug-likeness (QED) is 0.817. The second kappa shape index (κ2) is 4.11. The molecule has 0 aromatic rings. The summed E-state index contributed by atoms with van der Waals surface area (Å²) in [6.07, 6.45) is 8.37. The number of hydrogen-bond acceptors (Lipinski definition) is 2. The third-order valence-electron chi connectivity index (χ3n) is 5.24. The molecule has 0 aliphatic heterocycles. The van der Waals surface area contributed by atoms with Crippen molar-refractivity contribution in [3.05, 3.63) is 0 Å². The van der Waals surface area contributed by atoms with Crippen LogP contribution in [-0.2, 0) is 0 Å². The zero-order valence-electron chi connectivity index (χ0n) is 11.1. The van der Waals surface area contributed by atoms with Gasteiger partial charge in [0, 0.05) is 12.1 Å². The molecule has 0 saturated heterocycles. The summed E-state index contributed by atoms with van der Waals surface area (Å²) in [5.41, 5.74) is 1.53. The predicted molar refractivity (Wildman–Crippen MR) is 72.5 cm³/mol. The lowest BCUT2D eigenvalue weighted by Crippen LogP contribution is -2.64. The van der Waals surface area contributed by atoms with Crippen LogP contribution in [0, 0.1) is 16.7 Å². The predicted octanol–water partition coefficient (Wildman–Crippen LogP) is 2.74.